The van der Waals surface area contributed by atoms with Crippen LogP contribution < -0.4 is 0 Å². The quantitative estimate of drug-likeness (QED) is 0.264. The Morgan fingerprint density at radius 3 is 2.73 bits per heavy atom. The van der Waals surface area contributed by atoms with Crippen LogP contribution in [0.2, 0.25) is 0 Å². The summed E-state index contributed by atoms with van der Waals surface area (Å²) in [6, 6.07) is 23.8. The van der Waals surface area contributed by atoms with E-state index >= 15 is 0 Å². The molecule has 1 fully saturated rings. The van der Waals surface area contributed by atoms with E-state index in [2.05, 4.69) is 88.1 Å². The number of aliphatic imine (C=N–C) groups is 1. The highest BCUT2D eigenvalue weighted by Crippen LogP contribution is 2.43. The van der Waals surface area contributed by atoms with Gasteiger partial charge in [-0.2, -0.15) is 0 Å². The minimum Gasteiger partial charge on any atom is -0.358 e. The molecule has 6 nitrogen and oxygen atoms in total. The van der Waals surface area contributed by atoms with Gasteiger partial charge in [-0.25, -0.2) is 4.98 Å². The molecule has 190 valence electrons. The standard InChI is InChI=1S/C31H36N6/c1-32-28(35(2)20-23-10-4-3-5-11-23)22-37-27-15-7-6-14-26(27)34-29(37)21-36-19-9-13-25-17-16-24-12-8-18-33-30(24)31(25)36/h3-8,10-12,14-15,18,25,31H,9,13,16-17,19-22H2,1-2H3. The van der Waals surface area contributed by atoms with Crippen LogP contribution in [0.1, 0.15) is 47.9 Å². The number of rotatable bonds is 6. The average molecular weight is 493 g/mol. The lowest BCUT2D eigenvalue weighted by Crippen LogP contribution is -2.42. The van der Waals surface area contributed by atoms with Gasteiger partial charge in [-0.15, -0.1) is 0 Å². The van der Waals surface area contributed by atoms with E-state index in [9.17, 15) is 0 Å². The predicted octanol–water partition coefficient (Wildman–Crippen LogP) is 5.49. The van der Waals surface area contributed by atoms with Crippen molar-refractivity contribution in [2.75, 3.05) is 20.6 Å². The molecule has 2 atom stereocenters. The van der Waals surface area contributed by atoms with E-state index in [1.165, 1.54) is 41.6 Å². The zero-order chi connectivity index (χ0) is 25.2. The summed E-state index contributed by atoms with van der Waals surface area (Å²) < 4.78 is 2.38. The molecule has 0 bridgehead atoms. The number of aromatic nitrogens is 3. The Morgan fingerprint density at radius 2 is 1.86 bits per heavy atom. The lowest BCUT2D eigenvalue weighted by molar-refractivity contribution is 0.0666. The van der Waals surface area contributed by atoms with Gasteiger partial charge in [0.2, 0.25) is 0 Å². The van der Waals surface area contributed by atoms with Gasteiger partial charge in [0.15, 0.2) is 0 Å². The van der Waals surface area contributed by atoms with Gasteiger partial charge in [0.05, 0.1) is 35.9 Å². The molecule has 3 heterocycles. The highest BCUT2D eigenvalue weighted by Gasteiger charge is 2.38. The minimum absolute atomic E-state index is 0.382. The van der Waals surface area contributed by atoms with Crippen molar-refractivity contribution in [2.24, 2.45) is 10.9 Å². The minimum atomic E-state index is 0.382. The Morgan fingerprint density at radius 1 is 1.03 bits per heavy atom. The van der Waals surface area contributed by atoms with Crippen molar-refractivity contribution in [1.29, 1.82) is 0 Å². The Balaban J connectivity index is 1.31. The molecule has 4 aromatic rings. The van der Waals surface area contributed by atoms with Crippen LogP contribution >= 0.6 is 0 Å². The molecule has 0 amide bonds. The molecule has 2 aromatic carbocycles. The first-order valence-corrected chi connectivity index (χ1v) is 13.5. The molecule has 6 heteroatoms. The van der Waals surface area contributed by atoms with Crippen molar-refractivity contribution < 1.29 is 0 Å². The lowest BCUT2D eigenvalue weighted by atomic mass is 9.77. The fourth-order valence-electron chi connectivity index (χ4n) is 6.35. The molecule has 0 N–H and O–H groups in total. The van der Waals surface area contributed by atoms with E-state index in [-0.39, 0.29) is 0 Å². The SMILES string of the molecule is CN=C(Cn1c(CN2CCCC3CCc4cccnc4C32)nc2ccccc21)N(C)Cc1ccccc1. The summed E-state index contributed by atoms with van der Waals surface area (Å²) in [5, 5.41) is 0. The average Bonchev–Trinajstić information content (AvgIpc) is 3.28. The van der Waals surface area contributed by atoms with Crippen LogP contribution in [0.3, 0.4) is 0 Å². The first-order chi connectivity index (χ1) is 18.2. The van der Waals surface area contributed by atoms with E-state index in [0.29, 0.717) is 18.5 Å². The highest BCUT2D eigenvalue weighted by atomic mass is 15.2. The lowest BCUT2D eigenvalue weighted by Gasteiger charge is -2.44. The Hall–Kier alpha value is -3.51. The van der Waals surface area contributed by atoms with Crippen molar-refractivity contribution in [3.63, 3.8) is 0 Å². The molecular weight excluding hydrogens is 456 g/mol. The topological polar surface area (TPSA) is 49.6 Å². The number of aryl methyl sites for hydroxylation is 1. The van der Waals surface area contributed by atoms with E-state index in [1.54, 1.807) is 0 Å². The third kappa shape index (κ3) is 4.78. The monoisotopic (exact) mass is 492 g/mol. The number of pyridine rings is 1. The molecule has 2 aliphatic rings. The van der Waals surface area contributed by atoms with Gasteiger partial charge in [-0.05, 0) is 67.5 Å². The van der Waals surface area contributed by atoms with Gasteiger partial charge >= 0.3 is 0 Å². The molecule has 1 aliphatic carbocycles. The van der Waals surface area contributed by atoms with Crippen molar-refractivity contribution in [3.8, 4) is 0 Å². The number of fused-ring (bicyclic) bond motifs is 4. The van der Waals surface area contributed by atoms with E-state index in [4.69, 9.17) is 15.0 Å². The zero-order valence-electron chi connectivity index (χ0n) is 21.9. The number of imidazole rings is 1. The van der Waals surface area contributed by atoms with Crippen LogP contribution in [0.15, 0.2) is 77.9 Å². The van der Waals surface area contributed by atoms with Crippen molar-refractivity contribution >= 4 is 16.9 Å². The van der Waals surface area contributed by atoms with Crippen LogP contribution in [0, 0.1) is 5.92 Å². The molecule has 1 saturated heterocycles. The van der Waals surface area contributed by atoms with Crippen molar-refractivity contribution in [1.82, 2.24) is 24.3 Å². The fourth-order valence-corrected chi connectivity index (χ4v) is 6.35. The maximum Gasteiger partial charge on any atom is 0.124 e. The summed E-state index contributed by atoms with van der Waals surface area (Å²) in [5.74, 6) is 2.84. The molecule has 0 saturated carbocycles. The molecule has 1 aliphatic heterocycles. The number of nitrogens with zero attached hydrogens (tertiary/aromatic N) is 6. The summed E-state index contributed by atoms with van der Waals surface area (Å²) in [7, 11) is 4.03. The number of piperidine rings is 1. The van der Waals surface area contributed by atoms with E-state index < -0.39 is 0 Å². The van der Waals surface area contributed by atoms with Gasteiger partial charge in [-0.1, -0.05) is 48.5 Å². The number of benzene rings is 2. The van der Waals surface area contributed by atoms with E-state index in [1.807, 2.05) is 13.2 Å². The van der Waals surface area contributed by atoms with Crippen molar-refractivity contribution in [2.45, 2.75) is 51.4 Å². The van der Waals surface area contributed by atoms with Crippen molar-refractivity contribution in [3.05, 3.63) is 95.6 Å². The van der Waals surface area contributed by atoms with Gasteiger partial charge in [0, 0.05) is 26.8 Å². The highest BCUT2D eigenvalue weighted by molar-refractivity contribution is 5.84. The third-order valence-corrected chi connectivity index (χ3v) is 8.19. The molecule has 0 spiro atoms. The predicted molar refractivity (Wildman–Crippen MR) is 149 cm³/mol. The summed E-state index contributed by atoms with van der Waals surface area (Å²) in [6.07, 6.45) is 6.92. The number of para-hydroxylation sites is 2. The number of amidine groups is 1. The van der Waals surface area contributed by atoms with Gasteiger partial charge in [-0.3, -0.25) is 14.9 Å². The molecule has 0 radical (unpaired) electrons. The second-order valence-corrected chi connectivity index (χ2v) is 10.5. The van der Waals surface area contributed by atoms with E-state index in [0.717, 1.165) is 43.2 Å². The fraction of sp³-hybridized carbons (Fsp3) is 0.387. The smallest absolute Gasteiger partial charge is 0.124 e. The number of hydrogen-bond donors (Lipinski definition) is 0. The van der Waals surface area contributed by atoms with Crippen LogP contribution in [0.25, 0.3) is 11.0 Å². The molecule has 6 rings (SSSR count). The Bertz CT molecular complexity index is 1390. The number of hydrogen-bond acceptors (Lipinski definition) is 4. The second kappa shape index (κ2) is 10.5. The maximum absolute atomic E-state index is 5.16. The Kier molecular flexibility index (Phi) is 6.75. The maximum atomic E-state index is 5.16. The van der Waals surface area contributed by atoms with Crippen LogP contribution in [0.4, 0.5) is 0 Å². The molecular formula is C31H36N6. The second-order valence-electron chi connectivity index (χ2n) is 10.5. The first kappa shape index (κ1) is 23.9. The molecule has 37 heavy (non-hydrogen) atoms. The van der Waals surface area contributed by atoms with Gasteiger partial charge in [0.1, 0.15) is 11.7 Å². The Labute approximate surface area is 219 Å². The largest absolute Gasteiger partial charge is 0.358 e. The number of likely N-dealkylation sites (N-methyl/N-ethyl adjacent to an activating group) is 1. The molecule has 2 aromatic heterocycles. The van der Waals surface area contributed by atoms with Crippen LogP contribution in [-0.2, 0) is 26.1 Å². The summed E-state index contributed by atoms with van der Waals surface area (Å²) in [6.45, 7) is 3.44. The third-order valence-electron chi connectivity index (χ3n) is 8.19. The first-order valence-electron chi connectivity index (χ1n) is 13.5. The summed E-state index contributed by atoms with van der Waals surface area (Å²) >= 11 is 0. The van der Waals surface area contributed by atoms with Gasteiger partial charge in [0.25, 0.3) is 0 Å². The molecule has 2 unspecified atom stereocenters. The summed E-state index contributed by atoms with van der Waals surface area (Å²) in [5.41, 5.74) is 6.22. The number of likely N-dealkylation sites (tertiary alicyclic amines) is 1. The van der Waals surface area contributed by atoms with Gasteiger partial charge < -0.3 is 9.47 Å². The van der Waals surface area contributed by atoms with Crippen LogP contribution in [0.5, 0.6) is 0 Å². The zero-order valence-corrected chi connectivity index (χ0v) is 21.9. The normalized spacial score (nSPS) is 20.0. The van der Waals surface area contributed by atoms with Crippen LogP contribution in [-0.4, -0.2) is 50.8 Å². The summed E-state index contributed by atoms with van der Waals surface area (Å²) in [4.78, 5) is 19.7.